The van der Waals surface area contributed by atoms with E-state index in [2.05, 4.69) is 0 Å². The summed E-state index contributed by atoms with van der Waals surface area (Å²) < 4.78 is 5.21. The van der Waals surface area contributed by atoms with Crippen LogP contribution in [0.4, 0.5) is 5.69 Å². The maximum Gasteiger partial charge on any atom is 0.338 e. The number of ether oxygens (including phenoxy) is 1. The number of ketones is 1. The zero-order valence-corrected chi connectivity index (χ0v) is 14.2. The van der Waals surface area contributed by atoms with Gasteiger partial charge in [-0.15, -0.1) is 0 Å². The van der Waals surface area contributed by atoms with Crippen molar-refractivity contribution in [2.45, 2.75) is 6.61 Å². The van der Waals surface area contributed by atoms with Gasteiger partial charge in [0.05, 0.1) is 10.5 Å². The number of hydrogen-bond donors (Lipinski definition) is 0. The van der Waals surface area contributed by atoms with E-state index in [4.69, 9.17) is 4.74 Å². The van der Waals surface area contributed by atoms with Crippen molar-refractivity contribution >= 4 is 17.4 Å². The molecule has 0 heterocycles. The Labute approximate surface area is 155 Å². The van der Waals surface area contributed by atoms with Crippen LogP contribution in [0.3, 0.4) is 0 Å². The van der Waals surface area contributed by atoms with Gasteiger partial charge in [0.1, 0.15) is 6.61 Å². The molecule has 3 aromatic carbocycles. The first-order valence-electron chi connectivity index (χ1n) is 8.15. The van der Waals surface area contributed by atoms with Gasteiger partial charge in [0, 0.05) is 23.3 Å². The minimum atomic E-state index is -0.535. The Hall–Kier alpha value is -3.80. The highest BCUT2D eigenvalue weighted by atomic mass is 16.6. The molecule has 0 bridgehead atoms. The largest absolute Gasteiger partial charge is 0.457 e. The van der Waals surface area contributed by atoms with Crippen LogP contribution in [0.25, 0.3) is 0 Å². The molecular weight excluding hydrogens is 346 g/mol. The van der Waals surface area contributed by atoms with E-state index in [0.717, 1.165) is 0 Å². The fourth-order valence-electron chi connectivity index (χ4n) is 2.46. The van der Waals surface area contributed by atoms with Gasteiger partial charge in [-0.2, -0.15) is 0 Å². The minimum Gasteiger partial charge on any atom is -0.457 e. The van der Waals surface area contributed by atoms with Crippen LogP contribution < -0.4 is 0 Å². The second kappa shape index (κ2) is 8.05. The predicted molar refractivity (Wildman–Crippen MR) is 98.5 cm³/mol. The summed E-state index contributed by atoms with van der Waals surface area (Å²) in [4.78, 5) is 34.6. The number of nitro benzene ring substituents is 1. The number of carbonyl (C=O) groups is 2. The fourth-order valence-corrected chi connectivity index (χ4v) is 2.46. The fraction of sp³-hybridized carbons (Fsp3) is 0.0476. The molecule has 0 spiro atoms. The van der Waals surface area contributed by atoms with Gasteiger partial charge in [-0.1, -0.05) is 42.5 Å². The van der Waals surface area contributed by atoms with Crippen molar-refractivity contribution in [3.63, 3.8) is 0 Å². The summed E-state index contributed by atoms with van der Waals surface area (Å²) >= 11 is 0. The second-order valence-corrected chi connectivity index (χ2v) is 5.77. The topological polar surface area (TPSA) is 86.5 Å². The third-order valence-electron chi connectivity index (χ3n) is 3.94. The molecule has 0 aliphatic carbocycles. The predicted octanol–water partition coefficient (Wildman–Crippen LogP) is 4.18. The maximum atomic E-state index is 12.3. The molecule has 0 aromatic heterocycles. The first-order chi connectivity index (χ1) is 13.0. The van der Waals surface area contributed by atoms with E-state index in [1.54, 1.807) is 36.4 Å². The normalized spacial score (nSPS) is 10.2. The van der Waals surface area contributed by atoms with Crippen LogP contribution >= 0.6 is 0 Å². The molecule has 0 atom stereocenters. The van der Waals surface area contributed by atoms with Crippen LogP contribution in [0.15, 0.2) is 78.9 Å². The number of benzene rings is 3. The Morgan fingerprint density at radius 2 is 1.33 bits per heavy atom. The van der Waals surface area contributed by atoms with E-state index in [9.17, 15) is 19.7 Å². The van der Waals surface area contributed by atoms with Crippen LogP contribution in [0.5, 0.6) is 0 Å². The zero-order chi connectivity index (χ0) is 19.2. The van der Waals surface area contributed by atoms with Crippen molar-refractivity contribution in [1.82, 2.24) is 0 Å². The lowest BCUT2D eigenvalue weighted by Gasteiger charge is -2.06. The van der Waals surface area contributed by atoms with Gasteiger partial charge >= 0.3 is 5.97 Å². The van der Waals surface area contributed by atoms with Gasteiger partial charge in [-0.05, 0) is 29.8 Å². The van der Waals surface area contributed by atoms with E-state index in [1.807, 2.05) is 6.07 Å². The number of nitro groups is 1. The molecule has 0 aliphatic rings. The molecule has 3 aromatic rings. The third kappa shape index (κ3) is 4.43. The molecule has 3 rings (SSSR count). The summed E-state index contributed by atoms with van der Waals surface area (Å²) in [5.41, 5.74) is 1.99. The van der Waals surface area contributed by atoms with Crippen LogP contribution in [-0.4, -0.2) is 16.7 Å². The Morgan fingerprint density at radius 3 is 1.93 bits per heavy atom. The molecule has 0 fully saturated rings. The molecule has 0 radical (unpaired) electrons. The van der Waals surface area contributed by atoms with Gasteiger partial charge < -0.3 is 4.74 Å². The van der Waals surface area contributed by atoms with Crippen molar-refractivity contribution in [3.05, 3.63) is 111 Å². The molecule has 0 aliphatic heterocycles. The average Bonchev–Trinajstić information content (AvgIpc) is 2.72. The van der Waals surface area contributed by atoms with Crippen LogP contribution in [0.1, 0.15) is 31.8 Å². The number of hydrogen-bond acceptors (Lipinski definition) is 5. The van der Waals surface area contributed by atoms with E-state index in [0.29, 0.717) is 22.3 Å². The highest BCUT2D eigenvalue weighted by Crippen LogP contribution is 2.15. The number of esters is 1. The summed E-state index contributed by atoms with van der Waals surface area (Å²) in [5, 5.41) is 10.6. The molecule has 6 nitrogen and oxygen atoms in total. The Bertz CT molecular complexity index is 964. The standard InChI is InChI=1S/C21H15NO5/c23-20(16-4-2-1-3-5-16)17-8-10-18(11-9-17)21(24)27-14-15-6-12-19(13-7-15)22(25)26/h1-13H,14H2. The number of rotatable bonds is 6. The summed E-state index contributed by atoms with van der Waals surface area (Å²) in [5.74, 6) is -0.659. The first-order valence-corrected chi connectivity index (χ1v) is 8.15. The van der Waals surface area contributed by atoms with Gasteiger partial charge in [0.15, 0.2) is 5.78 Å². The lowest BCUT2D eigenvalue weighted by atomic mass is 10.0. The Balaban J connectivity index is 1.62. The smallest absolute Gasteiger partial charge is 0.338 e. The molecule has 0 N–H and O–H groups in total. The molecule has 6 heteroatoms. The van der Waals surface area contributed by atoms with Crippen LogP contribution in [0, 0.1) is 10.1 Å². The van der Waals surface area contributed by atoms with Crippen molar-refractivity contribution in [2.75, 3.05) is 0 Å². The van der Waals surface area contributed by atoms with Crippen LogP contribution in [0.2, 0.25) is 0 Å². The molecule has 0 amide bonds. The van der Waals surface area contributed by atoms with Gasteiger partial charge in [-0.25, -0.2) is 4.79 Å². The average molecular weight is 361 g/mol. The van der Waals surface area contributed by atoms with E-state index < -0.39 is 10.9 Å². The van der Waals surface area contributed by atoms with E-state index in [1.165, 1.54) is 36.4 Å². The lowest BCUT2D eigenvalue weighted by Crippen LogP contribution is -2.06. The van der Waals surface area contributed by atoms with E-state index >= 15 is 0 Å². The molecule has 0 saturated carbocycles. The summed E-state index contributed by atoms with van der Waals surface area (Å²) in [6, 6.07) is 20.9. The Kier molecular flexibility index (Phi) is 5.37. The van der Waals surface area contributed by atoms with Crippen molar-refractivity contribution in [2.24, 2.45) is 0 Å². The molecule has 134 valence electrons. The molecule has 0 unspecified atom stereocenters. The monoisotopic (exact) mass is 361 g/mol. The van der Waals surface area contributed by atoms with Gasteiger partial charge in [0.2, 0.25) is 0 Å². The van der Waals surface area contributed by atoms with Crippen molar-refractivity contribution in [1.29, 1.82) is 0 Å². The lowest BCUT2D eigenvalue weighted by molar-refractivity contribution is -0.384. The maximum absolute atomic E-state index is 12.3. The van der Waals surface area contributed by atoms with Crippen molar-refractivity contribution < 1.29 is 19.2 Å². The van der Waals surface area contributed by atoms with Crippen molar-refractivity contribution in [3.8, 4) is 0 Å². The quantitative estimate of drug-likeness (QED) is 0.284. The summed E-state index contributed by atoms with van der Waals surface area (Å²) in [6.45, 7) is 0.00151. The molecule has 0 saturated heterocycles. The molecular formula is C21H15NO5. The minimum absolute atomic E-state index is 0.00151. The number of non-ortho nitro benzene ring substituents is 1. The van der Waals surface area contributed by atoms with Gasteiger partial charge in [-0.3, -0.25) is 14.9 Å². The highest BCUT2D eigenvalue weighted by Gasteiger charge is 2.12. The van der Waals surface area contributed by atoms with Crippen LogP contribution in [-0.2, 0) is 11.3 Å². The summed E-state index contributed by atoms with van der Waals surface area (Å²) in [6.07, 6.45) is 0. The number of carbonyl (C=O) groups excluding carboxylic acids is 2. The third-order valence-corrected chi connectivity index (χ3v) is 3.94. The zero-order valence-electron chi connectivity index (χ0n) is 14.2. The Morgan fingerprint density at radius 1 is 0.778 bits per heavy atom. The van der Waals surface area contributed by atoms with E-state index in [-0.39, 0.29) is 18.1 Å². The summed E-state index contributed by atoms with van der Waals surface area (Å²) in [7, 11) is 0. The SMILES string of the molecule is O=C(OCc1ccc([N+](=O)[O-])cc1)c1ccc(C(=O)c2ccccc2)cc1. The highest BCUT2D eigenvalue weighted by molar-refractivity contribution is 6.09. The second-order valence-electron chi connectivity index (χ2n) is 5.77. The first kappa shape index (κ1) is 18.0. The number of nitrogens with zero attached hydrogens (tertiary/aromatic N) is 1. The molecule has 27 heavy (non-hydrogen) atoms. The van der Waals surface area contributed by atoms with Gasteiger partial charge in [0.25, 0.3) is 5.69 Å².